The second-order valence-corrected chi connectivity index (χ2v) is 5.19. The van der Waals surface area contributed by atoms with Crippen molar-refractivity contribution in [1.82, 2.24) is 19.9 Å². The molecular weight excluding hydrogens is 310 g/mol. The average Bonchev–Trinajstić information content (AvgIpc) is 2.94. The Bertz CT molecular complexity index is 852. The highest BCUT2D eigenvalue weighted by atomic mass is 32.1. The maximum atomic E-state index is 5.24. The first-order valence-electron chi connectivity index (χ1n) is 7.00. The Morgan fingerprint density at radius 1 is 1.22 bits per heavy atom. The van der Waals surface area contributed by atoms with E-state index in [2.05, 4.69) is 20.3 Å². The zero-order valence-electron chi connectivity index (χ0n) is 12.5. The summed E-state index contributed by atoms with van der Waals surface area (Å²) in [6.07, 6.45) is 5.78. The molecule has 0 saturated carbocycles. The van der Waals surface area contributed by atoms with Gasteiger partial charge in [0, 0.05) is 18.8 Å². The summed E-state index contributed by atoms with van der Waals surface area (Å²) in [6, 6.07) is 11.6. The third kappa shape index (κ3) is 3.70. The second-order valence-electron chi connectivity index (χ2n) is 4.81. The van der Waals surface area contributed by atoms with Gasteiger partial charge in [-0.15, -0.1) is 0 Å². The van der Waals surface area contributed by atoms with Gasteiger partial charge >= 0.3 is 0 Å². The van der Waals surface area contributed by atoms with Gasteiger partial charge in [0.2, 0.25) is 4.77 Å². The van der Waals surface area contributed by atoms with E-state index in [1.165, 1.54) is 0 Å². The van der Waals surface area contributed by atoms with Crippen molar-refractivity contribution in [2.45, 2.75) is 6.42 Å². The number of aromatic amines is 1. The van der Waals surface area contributed by atoms with Crippen molar-refractivity contribution in [2.75, 3.05) is 7.11 Å². The summed E-state index contributed by atoms with van der Waals surface area (Å²) in [6.45, 7) is 0. The fraction of sp³-hybridized carbons (Fsp3) is 0.125. The van der Waals surface area contributed by atoms with Crippen LogP contribution in [0.3, 0.4) is 0 Å². The predicted octanol–water partition coefficient (Wildman–Crippen LogP) is 2.82. The Morgan fingerprint density at radius 2 is 1.96 bits per heavy atom. The van der Waals surface area contributed by atoms with Gasteiger partial charge in [0.05, 0.1) is 13.3 Å². The zero-order valence-corrected chi connectivity index (χ0v) is 13.3. The van der Waals surface area contributed by atoms with E-state index < -0.39 is 0 Å². The maximum Gasteiger partial charge on any atom is 0.216 e. The fourth-order valence-electron chi connectivity index (χ4n) is 2.06. The quantitative estimate of drug-likeness (QED) is 0.578. The molecule has 0 unspecified atom stereocenters. The van der Waals surface area contributed by atoms with Crippen LogP contribution in [0.4, 0.5) is 0 Å². The monoisotopic (exact) mass is 325 g/mol. The van der Waals surface area contributed by atoms with Gasteiger partial charge in [-0.2, -0.15) is 14.9 Å². The molecule has 6 nitrogen and oxygen atoms in total. The van der Waals surface area contributed by atoms with E-state index in [9.17, 15) is 0 Å². The van der Waals surface area contributed by atoms with Gasteiger partial charge < -0.3 is 4.74 Å². The Labute approximate surface area is 138 Å². The number of ether oxygens (including phenoxy) is 1. The van der Waals surface area contributed by atoms with Crippen LogP contribution in [0.15, 0.2) is 53.9 Å². The third-order valence-electron chi connectivity index (χ3n) is 3.27. The molecule has 2 aromatic heterocycles. The number of methoxy groups -OCH3 is 1. The lowest BCUT2D eigenvalue weighted by Crippen LogP contribution is -2.00. The molecule has 0 saturated heterocycles. The normalized spacial score (nSPS) is 11.0. The van der Waals surface area contributed by atoms with Gasteiger partial charge in [0.25, 0.3) is 0 Å². The molecule has 3 rings (SSSR count). The number of hydrogen-bond donors (Lipinski definition) is 1. The lowest BCUT2D eigenvalue weighted by Gasteiger charge is -2.03. The molecule has 0 spiro atoms. The highest BCUT2D eigenvalue weighted by Gasteiger charge is 2.06. The summed E-state index contributed by atoms with van der Waals surface area (Å²) < 4.78 is 7.24. The predicted molar refractivity (Wildman–Crippen MR) is 90.4 cm³/mol. The molecule has 1 N–H and O–H groups in total. The number of pyridine rings is 1. The van der Waals surface area contributed by atoms with Crippen molar-refractivity contribution < 1.29 is 4.74 Å². The zero-order chi connectivity index (χ0) is 16.1. The van der Waals surface area contributed by atoms with E-state index in [0.29, 0.717) is 11.2 Å². The average molecular weight is 325 g/mol. The van der Waals surface area contributed by atoms with Crippen molar-refractivity contribution in [3.63, 3.8) is 0 Å². The third-order valence-corrected chi connectivity index (χ3v) is 3.53. The molecule has 0 aliphatic heterocycles. The topological polar surface area (TPSA) is 68.1 Å². The van der Waals surface area contributed by atoms with Crippen LogP contribution in [0.5, 0.6) is 5.75 Å². The highest BCUT2D eigenvalue weighted by molar-refractivity contribution is 7.71. The van der Waals surface area contributed by atoms with Crippen LogP contribution in [0.25, 0.3) is 0 Å². The molecule has 1 aromatic carbocycles. The molecule has 0 atom stereocenters. The molecule has 0 radical (unpaired) electrons. The molecule has 0 amide bonds. The smallest absolute Gasteiger partial charge is 0.216 e. The van der Waals surface area contributed by atoms with Crippen molar-refractivity contribution >= 4 is 18.4 Å². The number of hydrogen-bond acceptors (Lipinski definition) is 5. The SMILES string of the molecule is COc1ccc(Cc2n[nH]c(=S)n2/N=C\c2ccncc2)cc1. The molecule has 116 valence electrons. The lowest BCUT2D eigenvalue weighted by molar-refractivity contribution is 0.414. The van der Waals surface area contributed by atoms with Gasteiger partial charge in [-0.05, 0) is 47.6 Å². The van der Waals surface area contributed by atoms with Crippen LogP contribution in [0, 0.1) is 4.77 Å². The number of nitrogens with zero attached hydrogens (tertiary/aromatic N) is 4. The van der Waals surface area contributed by atoms with Crippen LogP contribution in [0.2, 0.25) is 0 Å². The lowest BCUT2D eigenvalue weighted by atomic mass is 10.1. The molecule has 0 fully saturated rings. The van der Waals surface area contributed by atoms with E-state index in [1.807, 2.05) is 36.4 Å². The van der Waals surface area contributed by atoms with E-state index in [4.69, 9.17) is 17.0 Å². The van der Waals surface area contributed by atoms with E-state index >= 15 is 0 Å². The molecule has 23 heavy (non-hydrogen) atoms. The first-order valence-corrected chi connectivity index (χ1v) is 7.40. The van der Waals surface area contributed by atoms with E-state index in [-0.39, 0.29) is 0 Å². The van der Waals surface area contributed by atoms with Crippen LogP contribution < -0.4 is 4.74 Å². The molecule has 7 heteroatoms. The standard InChI is InChI=1S/C16H15N5OS/c1-22-14-4-2-12(3-5-14)10-15-19-20-16(23)21(15)18-11-13-6-8-17-9-7-13/h2-9,11H,10H2,1H3,(H,20,23)/b18-11-. The minimum Gasteiger partial charge on any atom is -0.497 e. The maximum absolute atomic E-state index is 5.24. The van der Waals surface area contributed by atoms with Gasteiger partial charge in [-0.1, -0.05) is 12.1 Å². The van der Waals surface area contributed by atoms with Crippen molar-refractivity contribution in [1.29, 1.82) is 0 Å². The Kier molecular flexibility index (Phi) is 4.58. The Morgan fingerprint density at radius 3 is 2.65 bits per heavy atom. The van der Waals surface area contributed by atoms with Gasteiger partial charge in [-0.25, -0.2) is 0 Å². The second kappa shape index (κ2) is 6.97. The van der Waals surface area contributed by atoms with Gasteiger partial charge in [-0.3, -0.25) is 10.1 Å². The molecule has 2 heterocycles. The Hall–Kier alpha value is -2.80. The molecular formula is C16H15N5OS. The fourth-order valence-corrected chi connectivity index (χ4v) is 2.26. The summed E-state index contributed by atoms with van der Waals surface area (Å²) in [5.41, 5.74) is 2.04. The van der Waals surface area contributed by atoms with E-state index in [0.717, 1.165) is 22.7 Å². The number of rotatable bonds is 5. The van der Waals surface area contributed by atoms with Crippen LogP contribution in [-0.4, -0.2) is 33.2 Å². The summed E-state index contributed by atoms with van der Waals surface area (Å²) in [7, 11) is 1.65. The minimum absolute atomic E-state index is 0.457. The van der Waals surface area contributed by atoms with Crippen molar-refractivity contribution in [3.05, 3.63) is 70.5 Å². The highest BCUT2D eigenvalue weighted by Crippen LogP contribution is 2.14. The summed E-state index contributed by atoms with van der Waals surface area (Å²) in [5, 5.41) is 11.4. The molecule has 3 aromatic rings. The number of nitrogens with one attached hydrogen (secondary N) is 1. The minimum atomic E-state index is 0.457. The van der Waals surface area contributed by atoms with Crippen molar-refractivity contribution in [2.24, 2.45) is 5.10 Å². The first-order chi connectivity index (χ1) is 11.3. The largest absolute Gasteiger partial charge is 0.497 e. The van der Waals surface area contributed by atoms with Crippen molar-refractivity contribution in [3.8, 4) is 5.75 Å². The van der Waals surface area contributed by atoms with Crippen LogP contribution in [0.1, 0.15) is 17.0 Å². The van der Waals surface area contributed by atoms with E-state index in [1.54, 1.807) is 30.4 Å². The summed E-state index contributed by atoms with van der Waals surface area (Å²) in [5.74, 6) is 1.56. The number of H-pyrrole nitrogens is 1. The summed E-state index contributed by atoms with van der Waals surface area (Å²) >= 11 is 5.24. The molecule has 0 bridgehead atoms. The van der Waals surface area contributed by atoms with Crippen LogP contribution >= 0.6 is 12.2 Å². The molecule has 0 aliphatic carbocycles. The Balaban J connectivity index is 1.83. The van der Waals surface area contributed by atoms with Crippen LogP contribution in [-0.2, 0) is 6.42 Å². The summed E-state index contributed by atoms with van der Waals surface area (Å²) in [4.78, 5) is 3.98. The molecule has 0 aliphatic rings. The number of aromatic nitrogens is 4. The van der Waals surface area contributed by atoms with Gasteiger partial charge in [0.15, 0.2) is 5.82 Å². The first kappa shape index (κ1) is 15.1. The number of benzene rings is 1. The van der Waals surface area contributed by atoms with Gasteiger partial charge in [0.1, 0.15) is 5.75 Å².